The highest BCUT2D eigenvalue weighted by atomic mass is 16.7. The van der Waals surface area contributed by atoms with E-state index < -0.39 is 5.79 Å². The van der Waals surface area contributed by atoms with Crippen LogP contribution in [0.5, 0.6) is 5.75 Å². The zero-order valence-corrected chi connectivity index (χ0v) is 13.7. The Kier molecular flexibility index (Phi) is 4.13. The van der Waals surface area contributed by atoms with Crippen molar-refractivity contribution in [2.45, 2.75) is 59.7 Å². The van der Waals surface area contributed by atoms with Gasteiger partial charge in [0.2, 0.25) is 5.79 Å². The lowest BCUT2D eigenvalue weighted by molar-refractivity contribution is -0.128. The second-order valence-corrected chi connectivity index (χ2v) is 6.06. The first-order chi connectivity index (χ1) is 9.80. The Morgan fingerprint density at radius 2 is 1.90 bits per heavy atom. The highest BCUT2D eigenvalue weighted by Gasteiger charge is 2.37. The number of ether oxygens (including phenoxy) is 2. The van der Waals surface area contributed by atoms with Crippen LogP contribution in [0.4, 0.5) is 0 Å². The quantitative estimate of drug-likeness (QED) is 0.599. The molecule has 0 radical (unpaired) electrons. The second-order valence-electron chi connectivity index (χ2n) is 6.06. The lowest BCUT2D eigenvalue weighted by Gasteiger charge is -2.35. The van der Waals surface area contributed by atoms with E-state index in [2.05, 4.69) is 19.9 Å². The number of aryl methyl sites for hydroxylation is 2. The fraction of sp³-hybridized carbons (Fsp3) is 0.500. The Bertz CT molecular complexity index is 597. The van der Waals surface area contributed by atoms with E-state index in [1.54, 1.807) is 13.8 Å². The molecule has 1 aliphatic rings. The van der Waals surface area contributed by atoms with Gasteiger partial charge in [0.15, 0.2) is 0 Å². The van der Waals surface area contributed by atoms with Crippen molar-refractivity contribution >= 4 is 5.97 Å². The second kappa shape index (κ2) is 5.55. The molecule has 3 nitrogen and oxygen atoms in total. The molecule has 114 valence electrons. The molecule has 0 saturated heterocycles. The first-order valence-corrected chi connectivity index (χ1v) is 7.50. The summed E-state index contributed by atoms with van der Waals surface area (Å²) >= 11 is 0. The maximum absolute atomic E-state index is 12.3. The molecule has 0 unspecified atom stereocenters. The molecule has 1 aliphatic heterocycles. The predicted octanol–water partition coefficient (Wildman–Crippen LogP) is 4.66. The molecule has 1 aromatic rings. The molecule has 0 aromatic heterocycles. The summed E-state index contributed by atoms with van der Waals surface area (Å²) in [5.41, 5.74) is 3.72. The zero-order chi connectivity index (χ0) is 15.8. The van der Waals surface area contributed by atoms with Crippen LogP contribution < -0.4 is 4.74 Å². The first kappa shape index (κ1) is 15.6. The highest BCUT2D eigenvalue weighted by molar-refractivity contribution is 5.96. The molecule has 21 heavy (non-hydrogen) atoms. The number of carbonyl (C=O) groups excluding carboxylic acids is 1. The molecular formula is C18H24O3. The van der Waals surface area contributed by atoms with E-state index in [9.17, 15) is 4.79 Å². The molecule has 0 amide bonds. The van der Waals surface area contributed by atoms with Gasteiger partial charge in [0, 0.05) is 25.3 Å². The fourth-order valence-corrected chi connectivity index (χ4v) is 3.00. The van der Waals surface area contributed by atoms with Crippen LogP contribution in [0.1, 0.15) is 67.1 Å². The first-order valence-electron chi connectivity index (χ1n) is 7.50. The number of carbonyl (C=O) groups is 1. The van der Waals surface area contributed by atoms with E-state index in [1.165, 1.54) is 0 Å². The molecule has 2 rings (SSSR count). The van der Waals surface area contributed by atoms with Gasteiger partial charge in [-0.1, -0.05) is 25.1 Å². The van der Waals surface area contributed by atoms with Crippen molar-refractivity contribution in [2.75, 3.05) is 0 Å². The van der Waals surface area contributed by atoms with Crippen molar-refractivity contribution in [1.82, 2.24) is 0 Å². The summed E-state index contributed by atoms with van der Waals surface area (Å²) in [6, 6.07) is 2.04. The zero-order valence-electron chi connectivity index (χ0n) is 13.7. The lowest BCUT2D eigenvalue weighted by Crippen LogP contribution is -2.40. The maximum atomic E-state index is 12.3. The molecule has 3 heteroatoms. The summed E-state index contributed by atoms with van der Waals surface area (Å²) in [6.07, 6.45) is 5.17. The van der Waals surface area contributed by atoms with Crippen LogP contribution in [0, 0.1) is 13.8 Å². The molecule has 0 fully saturated rings. The monoisotopic (exact) mass is 288 g/mol. The van der Waals surface area contributed by atoms with Crippen molar-refractivity contribution in [1.29, 1.82) is 0 Å². The van der Waals surface area contributed by atoms with E-state index in [1.807, 2.05) is 26.0 Å². The molecule has 1 atom stereocenters. The van der Waals surface area contributed by atoms with E-state index in [-0.39, 0.29) is 11.9 Å². The van der Waals surface area contributed by atoms with Gasteiger partial charge in [0.1, 0.15) is 11.3 Å². The summed E-state index contributed by atoms with van der Waals surface area (Å²) < 4.78 is 11.4. The lowest BCUT2D eigenvalue weighted by atomic mass is 9.87. The Morgan fingerprint density at radius 1 is 1.24 bits per heavy atom. The molecule has 1 aromatic carbocycles. The standard InChI is InChI=1S/C18H24O3/c1-7-9-13(8-2)14-11(3)10-12(4)15-16(14)20-18(5,6)21-17(15)19/h7,9-10,13H,8H2,1-6H3/b9-7+/t13-/m0/s1. The van der Waals surface area contributed by atoms with Gasteiger partial charge in [-0.15, -0.1) is 0 Å². The average Bonchev–Trinajstić information content (AvgIpc) is 2.34. The van der Waals surface area contributed by atoms with E-state index in [4.69, 9.17) is 9.47 Å². The van der Waals surface area contributed by atoms with Crippen molar-refractivity contribution in [3.05, 3.63) is 40.5 Å². The minimum absolute atomic E-state index is 0.242. The minimum atomic E-state index is -0.923. The number of rotatable bonds is 3. The summed E-state index contributed by atoms with van der Waals surface area (Å²) in [7, 11) is 0. The molecule has 0 spiro atoms. The summed E-state index contributed by atoms with van der Waals surface area (Å²) in [5, 5.41) is 0. The number of benzene rings is 1. The third kappa shape index (κ3) is 2.82. The van der Waals surface area contributed by atoms with Gasteiger partial charge in [0.25, 0.3) is 0 Å². The third-order valence-electron chi connectivity index (χ3n) is 3.85. The van der Waals surface area contributed by atoms with Crippen molar-refractivity contribution < 1.29 is 14.3 Å². The van der Waals surface area contributed by atoms with Crippen LogP contribution in [-0.2, 0) is 4.74 Å². The van der Waals surface area contributed by atoms with Crippen molar-refractivity contribution in [3.63, 3.8) is 0 Å². The highest BCUT2D eigenvalue weighted by Crippen LogP contribution is 2.42. The topological polar surface area (TPSA) is 35.5 Å². The Morgan fingerprint density at radius 3 is 2.48 bits per heavy atom. The number of fused-ring (bicyclic) bond motifs is 1. The number of hydrogen-bond acceptors (Lipinski definition) is 3. The average molecular weight is 288 g/mol. The minimum Gasteiger partial charge on any atom is -0.452 e. The molecular weight excluding hydrogens is 264 g/mol. The van der Waals surface area contributed by atoms with E-state index >= 15 is 0 Å². The van der Waals surface area contributed by atoms with Gasteiger partial charge < -0.3 is 9.47 Å². The van der Waals surface area contributed by atoms with Crippen LogP contribution in [0.3, 0.4) is 0 Å². The third-order valence-corrected chi connectivity index (χ3v) is 3.85. The smallest absolute Gasteiger partial charge is 0.345 e. The summed E-state index contributed by atoms with van der Waals surface area (Å²) in [4.78, 5) is 12.3. The van der Waals surface area contributed by atoms with Gasteiger partial charge in [-0.05, 0) is 38.3 Å². The number of allylic oxidation sites excluding steroid dienone is 2. The SMILES string of the molecule is C/C=C/[C@H](CC)c1c(C)cc(C)c2c1OC(C)(C)OC2=O. The van der Waals surface area contributed by atoms with Crippen LogP contribution >= 0.6 is 0 Å². The van der Waals surface area contributed by atoms with Gasteiger partial charge in [-0.3, -0.25) is 0 Å². The molecule has 0 N–H and O–H groups in total. The number of esters is 1. The Labute approximate surface area is 127 Å². The van der Waals surface area contributed by atoms with Crippen molar-refractivity contribution in [3.8, 4) is 5.75 Å². The van der Waals surface area contributed by atoms with Crippen LogP contribution in [0.25, 0.3) is 0 Å². The largest absolute Gasteiger partial charge is 0.452 e. The molecule has 0 saturated carbocycles. The summed E-state index contributed by atoms with van der Waals surface area (Å²) in [6.45, 7) is 11.7. The van der Waals surface area contributed by atoms with Crippen LogP contribution in [0.2, 0.25) is 0 Å². The van der Waals surface area contributed by atoms with Gasteiger partial charge in [-0.25, -0.2) is 4.79 Å². The Balaban J connectivity index is 2.72. The normalized spacial score (nSPS) is 18.1. The van der Waals surface area contributed by atoms with E-state index in [0.29, 0.717) is 11.3 Å². The maximum Gasteiger partial charge on any atom is 0.345 e. The summed E-state index contributed by atoms with van der Waals surface area (Å²) in [5.74, 6) is -0.284. The molecule has 0 bridgehead atoms. The number of hydrogen-bond donors (Lipinski definition) is 0. The van der Waals surface area contributed by atoms with E-state index in [0.717, 1.165) is 23.1 Å². The van der Waals surface area contributed by atoms with Gasteiger partial charge >= 0.3 is 5.97 Å². The van der Waals surface area contributed by atoms with Crippen LogP contribution in [0.15, 0.2) is 18.2 Å². The molecule has 0 aliphatic carbocycles. The van der Waals surface area contributed by atoms with Crippen LogP contribution in [-0.4, -0.2) is 11.8 Å². The number of cyclic esters (lactones) is 1. The molecule has 1 heterocycles. The van der Waals surface area contributed by atoms with Crippen molar-refractivity contribution in [2.24, 2.45) is 0 Å². The predicted molar refractivity (Wildman–Crippen MR) is 83.9 cm³/mol. The van der Waals surface area contributed by atoms with Gasteiger partial charge in [-0.2, -0.15) is 0 Å². The fourth-order valence-electron chi connectivity index (χ4n) is 3.00. The Hall–Kier alpha value is -1.77. The van der Waals surface area contributed by atoms with Gasteiger partial charge in [0.05, 0.1) is 0 Å².